The lowest BCUT2D eigenvalue weighted by molar-refractivity contribution is 0.484. The normalized spacial score (nSPS) is 11.7. The highest BCUT2D eigenvalue weighted by Crippen LogP contribution is 2.22. The molecule has 0 N–H and O–H groups in total. The standard InChI is InChI=1S/C11H16BF/c1-8-4-9(7-13)6-10(5-8)11(2,3)12/h4-6H,7,12H2,1-3H3. The van der Waals surface area contributed by atoms with E-state index in [0.717, 1.165) is 11.1 Å². The van der Waals surface area contributed by atoms with E-state index in [1.165, 1.54) is 5.56 Å². The van der Waals surface area contributed by atoms with Gasteiger partial charge in [-0.2, -0.15) is 0 Å². The first-order valence-electron chi connectivity index (χ1n) is 4.60. The fraction of sp³-hybridized carbons (Fsp3) is 0.455. The van der Waals surface area contributed by atoms with Crippen molar-refractivity contribution in [3.8, 4) is 0 Å². The van der Waals surface area contributed by atoms with Gasteiger partial charge in [-0.05, 0) is 23.4 Å². The summed E-state index contributed by atoms with van der Waals surface area (Å²) in [6, 6.07) is 5.97. The number of rotatable bonds is 2. The van der Waals surface area contributed by atoms with Crippen molar-refractivity contribution >= 4 is 7.85 Å². The Balaban J connectivity index is 3.16. The van der Waals surface area contributed by atoms with E-state index >= 15 is 0 Å². The lowest BCUT2D eigenvalue weighted by Gasteiger charge is -2.20. The third-order valence-electron chi connectivity index (χ3n) is 2.16. The molecule has 0 amide bonds. The average Bonchev–Trinajstić information content (AvgIpc) is 2.01. The third kappa shape index (κ3) is 2.58. The van der Waals surface area contributed by atoms with Crippen LogP contribution in [0.5, 0.6) is 0 Å². The smallest absolute Gasteiger partial charge is 0.115 e. The molecule has 0 aliphatic heterocycles. The molecule has 0 atom stereocenters. The molecule has 0 heterocycles. The molecule has 0 aliphatic carbocycles. The average molecular weight is 178 g/mol. The van der Waals surface area contributed by atoms with E-state index in [9.17, 15) is 4.39 Å². The van der Waals surface area contributed by atoms with E-state index < -0.39 is 0 Å². The minimum Gasteiger partial charge on any atom is -0.246 e. The van der Waals surface area contributed by atoms with E-state index in [0.29, 0.717) is 0 Å². The molecule has 70 valence electrons. The van der Waals surface area contributed by atoms with E-state index in [-0.39, 0.29) is 12.0 Å². The summed E-state index contributed by atoms with van der Waals surface area (Å²) in [4.78, 5) is 0. The molecule has 0 nitrogen and oxygen atoms in total. The Morgan fingerprint density at radius 1 is 1.31 bits per heavy atom. The van der Waals surface area contributed by atoms with Crippen LogP contribution >= 0.6 is 0 Å². The van der Waals surface area contributed by atoms with Crippen molar-refractivity contribution in [3.63, 3.8) is 0 Å². The molecule has 0 saturated carbocycles. The zero-order valence-electron chi connectivity index (χ0n) is 8.82. The lowest BCUT2D eigenvalue weighted by Crippen LogP contribution is -2.17. The summed E-state index contributed by atoms with van der Waals surface area (Å²) in [7, 11) is 2.14. The minimum absolute atomic E-state index is 0.107. The summed E-state index contributed by atoms with van der Waals surface area (Å²) in [5, 5.41) is 0.107. The topological polar surface area (TPSA) is 0 Å². The Labute approximate surface area is 80.6 Å². The molecule has 1 aromatic rings. The predicted octanol–water partition coefficient (Wildman–Crippen LogP) is 2.33. The van der Waals surface area contributed by atoms with Crippen molar-refractivity contribution in [2.24, 2.45) is 0 Å². The van der Waals surface area contributed by atoms with E-state index in [4.69, 9.17) is 0 Å². The molecule has 0 bridgehead atoms. The fourth-order valence-corrected chi connectivity index (χ4v) is 1.37. The number of aryl methyl sites for hydroxylation is 1. The number of alkyl halides is 1. The van der Waals surface area contributed by atoms with Crippen LogP contribution in [-0.4, -0.2) is 7.85 Å². The second-order valence-electron chi connectivity index (χ2n) is 4.59. The van der Waals surface area contributed by atoms with Gasteiger partial charge in [0, 0.05) is 0 Å². The van der Waals surface area contributed by atoms with E-state index in [2.05, 4.69) is 27.8 Å². The number of halogens is 1. The van der Waals surface area contributed by atoms with Crippen LogP contribution < -0.4 is 0 Å². The van der Waals surface area contributed by atoms with Gasteiger partial charge in [0.2, 0.25) is 0 Å². The van der Waals surface area contributed by atoms with Gasteiger partial charge in [0.1, 0.15) is 14.5 Å². The Morgan fingerprint density at radius 2 is 1.92 bits per heavy atom. The number of hydrogen-bond donors (Lipinski definition) is 0. The molecule has 13 heavy (non-hydrogen) atoms. The van der Waals surface area contributed by atoms with Crippen molar-refractivity contribution in [3.05, 3.63) is 34.9 Å². The van der Waals surface area contributed by atoms with E-state index in [1.807, 2.05) is 19.1 Å². The minimum atomic E-state index is -0.370. The molecule has 0 unspecified atom stereocenters. The predicted molar refractivity (Wildman–Crippen MR) is 57.6 cm³/mol. The molecule has 0 aromatic heterocycles. The van der Waals surface area contributed by atoms with Crippen LogP contribution in [-0.2, 0) is 12.0 Å². The maximum Gasteiger partial charge on any atom is 0.115 e. The summed E-state index contributed by atoms with van der Waals surface area (Å²) in [6.07, 6.45) is 0. The van der Waals surface area contributed by atoms with Crippen molar-refractivity contribution in [1.82, 2.24) is 0 Å². The highest BCUT2D eigenvalue weighted by Gasteiger charge is 2.14. The quantitative estimate of drug-likeness (QED) is 0.609. The van der Waals surface area contributed by atoms with Gasteiger partial charge in [0.25, 0.3) is 0 Å². The second kappa shape index (κ2) is 3.53. The van der Waals surface area contributed by atoms with Crippen LogP contribution in [0.15, 0.2) is 18.2 Å². The second-order valence-corrected chi connectivity index (χ2v) is 4.59. The van der Waals surface area contributed by atoms with Gasteiger partial charge in [0.05, 0.1) is 0 Å². The Morgan fingerprint density at radius 3 is 2.38 bits per heavy atom. The highest BCUT2D eigenvalue weighted by molar-refractivity contribution is 6.15. The van der Waals surface area contributed by atoms with Gasteiger partial charge in [-0.25, -0.2) is 4.39 Å². The molecule has 0 fully saturated rings. The van der Waals surface area contributed by atoms with Crippen molar-refractivity contribution < 1.29 is 4.39 Å². The van der Waals surface area contributed by atoms with Crippen molar-refractivity contribution in [2.75, 3.05) is 0 Å². The first-order valence-corrected chi connectivity index (χ1v) is 4.60. The summed E-state index contributed by atoms with van der Waals surface area (Å²) in [6.45, 7) is 5.92. The molecule has 0 aliphatic rings. The molecule has 0 saturated heterocycles. The first-order chi connectivity index (χ1) is 5.93. The van der Waals surface area contributed by atoms with Gasteiger partial charge >= 0.3 is 0 Å². The molecule has 1 aromatic carbocycles. The van der Waals surface area contributed by atoms with Crippen LogP contribution in [0.3, 0.4) is 0 Å². The monoisotopic (exact) mass is 178 g/mol. The van der Waals surface area contributed by atoms with Gasteiger partial charge in [-0.1, -0.05) is 37.6 Å². The molecule has 1 rings (SSSR count). The number of hydrogen-bond acceptors (Lipinski definition) is 0. The largest absolute Gasteiger partial charge is 0.246 e. The molecular formula is C11H16BF. The van der Waals surface area contributed by atoms with Gasteiger partial charge in [-0.15, -0.1) is 0 Å². The maximum atomic E-state index is 12.5. The van der Waals surface area contributed by atoms with Crippen molar-refractivity contribution in [1.29, 1.82) is 0 Å². The van der Waals surface area contributed by atoms with Crippen molar-refractivity contribution in [2.45, 2.75) is 32.8 Å². The fourth-order valence-electron chi connectivity index (χ4n) is 1.37. The SMILES string of the molecule is BC(C)(C)c1cc(C)cc(CF)c1. The van der Waals surface area contributed by atoms with Gasteiger partial charge in [0.15, 0.2) is 0 Å². The summed E-state index contributed by atoms with van der Waals surface area (Å²) in [5.74, 6) is 0. The summed E-state index contributed by atoms with van der Waals surface area (Å²) < 4.78 is 12.5. The van der Waals surface area contributed by atoms with Gasteiger partial charge < -0.3 is 0 Å². The molecular weight excluding hydrogens is 162 g/mol. The van der Waals surface area contributed by atoms with E-state index in [1.54, 1.807) is 0 Å². The summed E-state index contributed by atoms with van der Waals surface area (Å²) in [5.41, 5.74) is 3.13. The van der Waals surface area contributed by atoms with Crippen LogP contribution in [0.2, 0.25) is 0 Å². The zero-order valence-corrected chi connectivity index (χ0v) is 8.82. The highest BCUT2D eigenvalue weighted by atomic mass is 19.1. The Hall–Kier alpha value is -0.785. The molecule has 2 heteroatoms. The summed E-state index contributed by atoms with van der Waals surface area (Å²) >= 11 is 0. The van der Waals surface area contributed by atoms with Crippen LogP contribution in [0.25, 0.3) is 0 Å². The Bertz CT molecular complexity index is 299. The molecule has 0 spiro atoms. The van der Waals surface area contributed by atoms with Crippen LogP contribution in [0.4, 0.5) is 4.39 Å². The maximum absolute atomic E-state index is 12.5. The number of benzene rings is 1. The van der Waals surface area contributed by atoms with Crippen LogP contribution in [0, 0.1) is 6.92 Å². The lowest BCUT2D eigenvalue weighted by atomic mass is 9.67. The molecule has 0 radical (unpaired) electrons. The van der Waals surface area contributed by atoms with Crippen LogP contribution in [0.1, 0.15) is 30.5 Å². The van der Waals surface area contributed by atoms with Gasteiger partial charge in [-0.3, -0.25) is 0 Å². The first kappa shape index (κ1) is 10.3. The third-order valence-corrected chi connectivity index (χ3v) is 2.16. The Kier molecular flexibility index (Phi) is 2.79. The zero-order chi connectivity index (χ0) is 10.1.